The van der Waals surface area contributed by atoms with Crippen molar-refractivity contribution in [2.75, 3.05) is 0 Å². The zero-order valence-corrected chi connectivity index (χ0v) is 10.4. The van der Waals surface area contributed by atoms with Gasteiger partial charge in [0.1, 0.15) is 5.52 Å². The Morgan fingerprint density at radius 1 is 1.29 bits per heavy atom. The molecule has 0 aliphatic rings. The summed E-state index contributed by atoms with van der Waals surface area (Å²) in [6.45, 7) is -0.106. The van der Waals surface area contributed by atoms with Crippen molar-refractivity contribution in [1.29, 1.82) is 0 Å². The molecule has 2 heterocycles. The van der Waals surface area contributed by atoms with Crippen LogP contribution in [0.15, 0.2) is 35.3 Å². The van der Waals surface area contributed by atoms with Gasteiger partial charge in [-0.2, -0.15) is 18.3 Å². The monoisotopic (exact) mass is 295 g/mol. The standard InChI is InChI=1S/C12H8F3N5O/c13-12(14,15)8-3-1-2-7(4-8)6-20-11(21)10-9(17-19-20)5-16-18-10/h1-5H,6H2,(H,16,18). The van der Waals surface area contributed by atoms with Crippen LogP contribution in [-0.4, -0.2) is 25.2 Å². The molecular weight excluding hydrogens is 287 g/mol. The highest BCUT2D eigenvalue weighted by Gasteiger charge is 2.30. The predicted molar refractivity (Wildman–Crippen MR) is 66.5 cm³/mol. The van der Waals surface area contributed by atoms with Gasteiger partial charge in [0.15, 0.2) is 5.52 Å². The van der Waals surface area contributed by atoms with E-state index in [0.29, 0.717) is 11.1 Å². The maximum atomic E-state index is 12.6. The molecule has 0 unspecified atom stereocenters. The van der Waals surface area contributed by atoms with Crippen LogP contribution in [0.4, 0.5) is 13.2 Å². The summed E-state index contributed by atoms with van der Waals surface area (Å²) < 4.78 is 38.9. The van der Waals surface area contributed by atoms with Crippen molar-refractivity contribution in [2.24, 2.45) is 0 Å². The Balaban J connectivity index is 1.99. The van der Waals surface area contributed by atoms with Gasteiger partial charge in [-0.1, -0.05) is 17.3 Å². The molecule has 0 aliphatic heterocycles. The Kier molecular flexibility index (Phi) is 2.96. The molecule has 0 amide bonds. The zero-order chi connectivity index (χ0) is 15.0. The van der Waals surface area contributed by atoms with Gasteiger partial charge in [-0.05, 0) is 17.7 Å². The highest BCUT2D eigenvalue weighted by Crippen LogP contribution is 2.29. The number of benzene rings is 1. The van der Waals surface area contributed by atoms with Crippen molar-refractivity contribution in [3.8, 4) is 0 Å². The second kappa shape index (κ2) is 4.69. The smallest absolute Gasteiger partial charge is 0.271 e. The lowest BCUT2D eigenvalue weighted by Gasteiger charge is -2.09. The molecule has 108 valence electrons. The highest BCUT2D eigenvalue weighted by molar-refractivity contribution is 5.70. The van der Waals surface area contributed by atoms with Crippen molar-refractivity contribution in [2.45, 2.75) is 12.7 Å². The van der Waals surface area contributed by atoms with Crippen molar-refractivity contribution in [3.63, 3.8) is 0 Å². The number of aromatic amines is 1. The zero-order valence-electron chi connectivity index (χ0n) is 10.4. The topological polar surface area (TPSA) is 76.5 Å². The minimum absolute atomic E-state index is 0.106. The van der Waals surface area contributed by atoms with Gasteiger partial charge < -0.3 is 0 Å². The minimum Gasteiger partial charge on any atom is -0.271 e. The average molecular weight is 295 g/mol. The first-order valence-corrected chi connectivity index (χ1v) is 5.88. The van der Waals surface area contributed by atoms with Crippen molar-refractivity contribution >= 4 is 11.0 Å². The Labute approximate surface area is 115 Å². The fraction of sp³-hybridized carbons (Fsp3) is 0.167. The summed E-state index contributed by atoms with van der Waals surface area (Å²) in [5.74, 6) is 0. The van der Waals surface area contributed by atoms with E-state index in [1.807, 2.05) is 0 Å². The van der Waals surface area contributed by atoms with Gasteiger partial charge in [-0.15, -0.1) is 5.10 Å². The summed E-state index contributed by atoms with van der Waals surface area (Å²) >= 11 is 0. The lowest BCUT2D eigenvalue weighted by Crippen LogP contribution is -2.25. The van der Waals surface area contributed by atoms with E-state index >= 15 is 0 Å². The first-order chi connectivity index (χ1) is 9.95. The fourth-order valence-electron chi connectivity index (χ4n) is 1.91. The molecule has 1 aromatic carbocycles. The van der Waals surface area contributed by atoms with Crippen LogP contribution in [0.1, 0.15) is 11.1 Å². The molecule has 3 aromatic rings. The number of H-pyrrole nitrogens is 1. The Hall–Kier alpha value is -2.71. The van der Waals surface area contributed by atoms with Crippen LogP contribution < -0.4 is 5.56 Å². The molecule has 0 radical (unpaired) electrons. The molecule has 9 heteroatoms. The number of fused-ring (bicyclic) bond motifs is 1. The Morgan fingerprint density at radius 2 is 2.10 bits per heavy atom. The number of nitrogens with zero attached hydrogens (tertiary/aromatic N) is 4. The molecule has 0 fully saturated rings. The van der Waals surface area contributed by atoms with Crippen molar-refractivity contribution < 1.29 is 13.2 Å². The number of alkyl halides is 3. The Morgan fingerprint density at radius 3 is 2.86 bits per heavy atom. The summed E-state index contributed by atoms with van der Waals surface area (Å²) in [4.78, 5) is 12.0. The van der Waals surface area contributed by atoms with Gasteiger partial charge in [0.2, 0.25) is 0 Å². The largest absolute Gasteiger partial charge is 0.416 e. The molecule has 0 aliphatic carbocycles. The first kappa shape index (κ1) is 13.3. The van der Waals surface area contributed by atoms with Crippen LogP contribution >= 0.6 is 0 Å². The third-order valence-corrected chi connectivity index (χ3v) is 2.91. The van der Waals surface area contributed by atoms with E-state index in [2.05, 4.69) is 20.5 Å². The van der Waals surface area contributed by atoms with Crippen LogP contribution in [0.25, 0.3) is 11.0 Å². The predicted octanol–water partition coefficient (Wildman–Crippen LogP) is 1.58. The van der Waals surface area contributed by atoms with Crippen molar-refractivity contribution in [1.82, 2.24) is 25.2 Å². The van der Waals surface area contributed by atoms with E-state index in [-0.39, 0.29) is 12.1 Å². The van der Waals surface area contributed by atoms with E-state index in [0.717, 1.165) is 16.8 Å². The first-order valence-electron chi connectivity index (χ1n) is 5.88. The van der Waals surface area contributed by atoms with Gasteiger partial charge in [0.25, 0.3) is 5.56 Å². The van der Waals surface area contributed by atoms with E-state index in [4.69, 9.17) is 0 Å². The number of nitrogens with one attached hydrogen (secondary N) is 1. The summed E-state index contributed by atoms with van der Waals surface area (Å²) in [6.07, 6.45) is -3.08. The second-order valence-corrected chi connectivity index (χ2v) is 4.38. The summed E-state index contributed by atoms with van der Waals surface area (Å²) in [7, 11) is 0. The number of hydrogen-bond acceptors (Lipinski definition) is 4. The van der Waals surface area contributed by atoms with E-state index in [9.17, 15) is 18.0 Å². The normalized spacial score (nSPS) is 12.0. The second-order valence-electron chi connectivity index (χ2n) is 4.38. The lowest BCUT2D eigenvalue weighted by molar-refractivity contribution is -0.137. The van der Waals surface area contributed by atoms with Crippen molar-refractivity contribution in [3.05, 3.63) is 51.9 Å². The Bertz CT molecular complexity index is 852. The van der Waals surface area contributed by atoms with Gasteiger partial charge in [0.05, 0.1) is 18.3 Å². The number of aromatic nitrogens is 5. The van der Waals surface area contributed by atoms with E-state index in [1.54, 1.807) is 0 Å². The molecule has 0 atom stereocenters. The molecule has 0 saturated carbocycles. The minimum atomic E-state index is -4.43. The van der Waals surface area contributed by atoms with Crippen LogP contribution in [0, 0.1) is 0 Å². The molecule has 0 saturated heterocycles. The number of halogens is 3. The third kappa shape index (κ3) is 2.49. The maximum absolute atomic E-state index is 12.6. The average Bonchev–Trinajstić information content (AvgIpc) is 2.91. The molecule has 3 rings (SSSR count). The summed E-state index contributed by atoms with van der Waals surface area (Å²) in [5, 5.41) is 13.6. The number of rotatable bonds is 2. The molecule has 1 N–H and O–H groups in total. The van der Waals surface area contributed by atoms with Crippen LogP contribution in [0.5, 0.6) is 0 Å². The lowest BCUT2D eigenvalue weighted by atomic mass is 10.1. The molecule has 2 aromatic heterocycles. The van der Waals surface area contributed by atoms with Gasteiger partial charge >= 0.3 is 6.18 Å². The molecule has 0 spiro atoms. The molecule has 6 nitrogen and oxygen atoms in total. The molecule has 0 bridgehead atoms. The molecule has 21 heavy (non-hydrogen) atoms. The fourth-order valence-corrected chi connectivity index (χ4v) is 1.91. The van der Waals surface area contributed by atoms with E-state index in [1.165, 1.54) is 18.3 Å². The third-order valence-electron chi connectivity index (χ3n) is 2.91. The number of hydrogen-bond donors (Lipinski definition) is 1. The van der Waals surface area contributed by atoms with Crippen LogP contribution in [0.2, 0.25) is 0 Å². The summed E-state index contributed by atoms with van der Waals surface area (Å²) in [6, 6.07) is 4.72. The van der Waals surface area contributed by atoms with E-state index < -0.39 is 17.3 Å². The van der Waals surface area contributed by atoms with Crippen LogP contribution in [0.3, 0.4) is 0 Å². The van der Waals surface area contributed by atoms with Crippen LogP contribution in [-0.2, 0) is 12.7 Å². The highest BCUT2D eigenvalue weighted by atomic mass is 19.4. The summed E-state index contributed by atoms with van der Waals surface area (Å²) in [5.41, 5.74) is -0.490. The SMILES string of the molecule is O=c1c2[nH]ncc2nnn1Cc1cccc(C(F)(F)F)c1. The maximum Gasteiger partial charge on any atom is 0.416 e. The van der Waals surface area contributed by atoms with Gasteiger partial charge in [-0.25, -0.2) is 4.68 Å². The quantitative estimate of drug-likeness (QED) is 0.778. The van der Waals surface area contributed by atoms with Gasteiger partial charge in [-0.3, -0.25) is 9.89 Å². The van der Waals surface area contributed by atoms with Gasteiger partial charge in [0, 0.05) is 0 Å². The molecular formula is C12H8F3N5O.